The Balaban J connectivity index is 2.47. The highest BCUT2D eigenvalue weighted by atomic mass is 32.1. The van der Waals surface area contributed by atoms with Crippen LogP contribution in [-0.2, 0) is 0 Å². The van der Waals surface area contributed by atoms with E-state index in [2.05, 4.69) is 0 Å². The van der Waals surface area contributed by atoms with Gasteiger partial charge in [-0.2, -0.15) is 0 Å². The Hall–Kier alpha value is -1.35. The van der Waals surface area contributed by atoms with Gasteiger partial charge in [0.1, 0.15) is 5.75 Å². The lowest BCUT2D eigenvalue weighted by Crippen LogP contribution is -1.89. The number of ketones is 1. The maximum Gasteiger partial charge on any atom is 0.169 e. The van der Waals surface area contributed by atoms with Crippen LogP contribution in [0.3, 0.4) is 0 Å². The van der Waals surface area contributed by atoms with Crippen molar-refractivity contribution in [3.05, 3.63) is 29.1 Å². The Labute approximate surface area is 92.5 Å². The Bertz CT molecular complexity index is 499. The quantitative estimate of drug-likeness (QED) is 0.740. The molecule has 2 nitrogen and oxygen atoms in total. The van der Waals surface area contributed by atoms with Crippen molar-refractivity contribution in [1.29, 1.82) is 0 Å². The number of hydrogen-bond donors (Lipinski definition) is 0. The molecule has 0 saturated heterocycles. The number of fused-ring (bicyclic) bond motifs is 1. The van der Waals surface area contributed by atoms with Crippen LogP contribution in [0.5, 0.6) is 5.75 Å². The van der Waals surface area contributed by atoms with Crippen LogP contribution in [0.2, 0.25) is 0 Å². The average molecular weight is 220 g/mol. The fourth-order valence-corrected chi connectivity index (χ4v) is 2.43. The standard InChI is InChI=1S/C12H12O2S/c1-3-14-10-5-4-9-6-11(8(2)13)15-12(9)7-10/h4-7H,3H2,1-2H3. The van der Waals surface area contributed by atoms with Crippen molar-refractivity contribution in [1.82, 2.24) is 0 Å². The second-order valence-corrected chi connectivity index (χ2v) is 4.38. The minimum Gasteiger partial charge on any atom is -0.494 e. The summed E-state index contributed by atoms with van der Waals surface area (Å²) >= 11 is 1.52. The van der Waals surface area contributed by atoms with E-state index in [1.54, 1.807) is 6.92 Å². The number of rotatable bonds is 3. The molecule has 0 aliphatic heterocycles. The molecule has 0 radical (unpaired) electrons. The maximum atomic E-state index is 11.2. The highest BCUT2D eigenvalue weighted by Gasteiger charge is 2.06. The van der Waals surface area contributed by atoms with Gasteiger partial charge < -0.3 is 4.74 Å². The van der Waals surface area contributed by atoms with Crippen molar-refractivity contribution in [3.63, 3.8) is 0 Å². The van der Waals surface area contributed by atoms with Crippen LogP contribution in [0.15, 0.2) is 24.3 Å². The summed E-state index contributed by atoms with van der Waals surface area (Å²) in [6, 6.07) is 7.83. The van der Waals surface area contributed by atoms with Gasteiger partial charge in [0.15, 0.2) is 5.78 Å². The van der Waals surface area contributed by atoms with Crippen molar-refractivity contribution >= 4 is 27.2 Å². The summed E-state index contributed by atoms with van der Waals surface area (Å²) in [7, 11) is 0. The largest absolute Gasteiger partial charge is 0.494 e. The van der Waals surface area contributed by atoms with Crippen LogP contribution >= 0.6 is 11.3 Å². The molecule has 15 heavy (non-hydrogen) atoms. The first kappa shape index (κ1) is 10.2. The molecule has 0 saturated carbocycles. The number of Topliss-reactive ketones (excluding diaryl/α,β-unsaturated/α-hetero) is 1. The molecule has 0 fully saturated rings. The molecule has 0 aliphatic carbocycles. The third kappa shape index (κ3) is 2.02. The van der Waals surface area contributed by atoms with Gasteiger partial charge >= 0.3 is 0 Å². The minimum absolute atomic E-state index is 0.120. The zero-order valence-electron chi connectivity index (χ0n) is 8.74. The monoisotopic (exact) mass is 220 g/mol. The first-order valence-corrected chi connectivity index (χ1v) is 5.69. The van der Waals surface area contributed by atoms with Gasteiger partial charge in [-0.3, -0.25) is 4.79 Å². The van der Waals surface area contributed by atoms with Crippen molar-refractivity contribution in [3.8, 4) is 5.75 Å². The molecular formula is C12H12O2S. The summed E-state index contributed by atoms with van der Waals surface area (Å²) < 4.78 is 6.51. The zero-order chi connectivity index (χ0) is 10.8. The third-order valence-electron chi connectivity index (χ3n) is 2.15. The van der Waals surface area contributed by atoms with Crippen LogP contribution in [0.25, 0.3) is 10.1 Å². The van der Waals surface area contributed by atoms with E-state index in [4.69, 9.17) is 4.74 Å². The van der Waals surface area contributed by atoms with Gasteiger partial charge in [-0.25, -0.2) is 0 Å². The van der Waals surface area contributed by atoms with E-state index in [-0.39, 0.29) is 5.78 Å². The Morgan fingerprint density at radius 3 is 2.87 bits per heavy atom. The summed E-state index contributed by atoms with van der Waals surface area (Å²) in [5.74, 6) is 0.983. The molecule has 1 heterocycles. The molecule has 0 spiro atoms. The van der Waals surface area contributed by atoms with Crippen molar-refractivity contribution in [2.45, 2.75) is 13.8 Å². The molecule has 0 atom stereocenters. The van der Waals surface area contributed by atoms with E-state index in [0.717, 1.165) is 20.7 Å². The van der Waals surface area contributed by atoms with E-state index in [0.29, 0.717) is 6.61 Å². The van der Waals surface area contributed by atoms with Gasteiger partial charge in [0.2, 0.25) is 0 Å². The number of thiophene rings is 1. The van der Waals surface area contributed by atoms with Crippen molar-refractivity contribution in [2.24, 2.45) is 0 Å². The number of benzene rings is 1. The lowest BCUT2D eigenvalue weighted by Gasteiger charge is -2.01. The van der Waals surface area contributed by atoms with E-state index < -0.39 is 0 Å². The van der Waals surface area contributed by atoms with E-state index in [9.17, 15) is 4.79 Å². The van der Waals surface area contributed by atoms with Crippen molar-refractivity contribution in [2.75, 3.05) is 6.61 Å². The second-order valence-electron chi connectivity index (χ2n) is 3.30. The Morgan fingerprint density at radius 1 is 1.40 bits per heavy atom. The molecule has 0 amide bonds. The number of carbonyl (C=O) groups is 1. The average Bonchev–Trinajstić information content (AvgIpc) is 2.61. The molecule has 0 unspecified atom stereocenters. The van der Waals surface area contributed by atoms with Gasteiger partial charge in [-0.1, -0.05) is 0 Å². The molecule has 78 valence electrons. The fourth-order valence-electron chi connectivity index (χ4n) is 1.44. The third-order valence-corrected chi connectivity index (χ3v) is 3.35. The topological polar surface area (TPSA) is 26.3 Å². The summed E-state index contributed by atoms with van der Waals surface area (Å²) in [6.45, 7) is 4.21. The highest BCUT2D eigenvalue weighted by molar-refractivity contribution is 7.20. The molecule has 0 aliphatic rings. The highest BCUT2D eigenvalue weighted by Crippen LogP contribution is 2.29. The zero-order valence-corrected chi connectivity index (χ0v) is 9.56. The van der Waals surface area contributed by atoms with Gasteiger partial charge in [0.25, 0.3) is 0 Å². The van der Waals surface area contributed by atoms with Crippen LogP contribution in [0.1, 0.15) is 23.5 Å². The SMILES string of the molecule is CCOc1ccc2cc(C(C)=O)sc2c1. The van der Waals surface area contributed by atoms with E-state index in [1.165, 1.54) is 11.3 Å². The first-order valence-electron chi connectivity index (χ1n) is 4.88. The van der Waals surface area contributed by atoms with Gasteiger partial charge in [0.05, 0.1) is 11.5 Å². The van der Waals surface area contributed by atoms with Crippen LogP contribution < -0.4 is 4.74 Å². The summed E-state index contributed by atoms with van der Waals surface area (Å²) in [5, 5.41) is 1.11. The summed E-state index contributed by atoms with van der Waals surface area (Å²) in [6.07, 6.45) is 0. The van der Waals surface area contributed by atoms with Gasteiger partial charge in [0, 0.05) is 4.70 Å². The lowest BCUT2D eigenvalue weighted by atomic mass is 10.2. The summed E-state index contributed by atoms with van der Waals surface area (Å²) in [5.41, 5.74) is 0. The van der Waals surface area contributed by atoms with Crippen LogP contribution in [-0.4, -0.2) is 12.4 Å². The smallest absolute Gasteiger partial charge is 0.169 e. The first-order chi connectivity index (χ1) is 7.20. The number of carbonyl (C=O) groups excluding carboxylic acids is 1. The molecule has 3 heteroatoms. The van der Waals surface area contributed by atoms with E-state index in [1.807, 2.05) is 31.2 Å². The molecule has 2 rings (SSSR count). The maximum absolute atomic E-state index is 11.2. The molecule has 1 aromatic heterocycles. The van der Waals surface area contributed by atoms with Crippen molar-refractivity contribution < 1.29 is 9.53 Å². The lowest BCUT2D eigenvalue weighted by molar-refractivity contribution is 0.102. The molecule has 2 aromatic rings. The Morgan fingerprint density at radius 2 is 2.20 bits per heavy atom. The predicted octanol–water partition coefficient (Wildman–Crippen LogP) is 3.50. The van der Waals surface area contributed by atoms with Gasteiger partial charge in [-0.05, 0) is 43.5 Å². The molecular weight excluding hydrogens is 208 g/mol. The van der Waals surface area contributed by atoms with Crippen LogP contribution in [0, 0.1) is 0 Å². The van der Waals surface area contributed by atoms with Gasteiger partial charge in [-0.15, -0.1) is 11.3 Å². The van der Waals surface area contributed by atoms with E-state index >= 15 is 0 Å². The minimum atomic E-state index is 0.120. The molecule has 1 aromatic carbocycles. The second kappa shape index (κ2) is 4.03. The molecule has 0 N–H and O–H groups in total. The molecule has 0 bridgehead atoms. The summed E-state index contributed by atoms with van der Waals surface area (Å²) in [4.78, 5) is 12.0. The normalized spacial score (nSPS) is 10.5. The predicted molar refractivity (Wildman–Crippen MR) is 63.0 cm³/mol. The number of hydrogen-bond acceptors (Lipinski definition) is 3. The fraction of sp³-hybridized carbons (Fsp3) is 0.250. The Kier molecular flexibility index (Phi) is 2.73. The number of ether oxygens (including phenoxy) is 1. The van der Waals surface area contributed by atoms with Crippen LogP contribution in [0.4, 0.5) is 0 Å².